The Morgan fingerprint density at radius 3 is 2.73 bits per heavy atom. The summed E-state index contributed by atoms with van der Waals surface area (Å²) in [5, 5.41) is 1.02. The largest absolute Gasteiger partial charge is 0.448 e. The number of ether oxygens (including phenoxy) is 1. The Balaban J connectivity index is 3.46. The maximum Gasteiger partial charge on any atom is 0.433 e. The number of carbonyl (C=O) groups is 1. The topological polar surface area (TPSA) is 64.8 Å². The molecule has 5 nitrogen and oxygen atoms in total. The summed E-state index contributed by atoms with van der Waals surface area (Å²) in [6.07, 6.45) is -0.499. The quantitative estimate of drug-likeness (QED) is 0.589. The molecule has 0 aromatic rings. The van der Waals surface area contributed by atoms with E-state index in [0.717, 1.165) is 5.06 Å². The Morgan fingerprint density at radius 2 is 2.27 bits per heavy atom. The third-order valence-corrected chi connectivity index (χ3v) is 0.928. The van der Waals surface area contributed by atoms with Crippen molar-refractivity contribution in [3.8, 4) is 0 Å². The second-order valence-electron chi connectivity index (χ2n) is 1.82. The molecule has 66 valence electrons. The van der Waals surface area contributed by atoms with Crippen LogP contribution in [0.3, 0.4) is 0 Å². The molecule has 0 radical (unpaired) electrons. The van der Waals surface area contributed by atoms with Gasteiger partial charge < -0.3 is 10.5 Å². The monoisotopic (exact) mass is 162 g/mol. The first-order chi connectivity index (χ1) is 5.22. The molecular weight excluding hydrogens is 148 g/mol. The molecule has 0 aromatic heterocycles. The fourth-order valence-electron chi connectivity index (χ4n) is 0.457. The summed E-state index contributed by atoms with van der Waals surface area (Å²) in [5.41, 5.74) is 5.15. The minimum Gasteiger partial charge on any atom is -0.448 e. The number of rotatable bonds is 4. The Bertz CT molecular complexity index is 118. The summed E-state index contributed by atoms with van der Waals surface area (Å²) >= 11 is 0. The van der Waals surface area contributed by atoms with Crippen molar-refractivity contribution in [2.24, 2.45) is 5.73 Å². The first-order valence-electron chi connectivity index (χ1n) is 3.45. The highest BCUT2D eigenvalue weighted by atomic mass is 16.7. The summed E-state index contributed by atoms with van der Waals surface area (Å²) in [6, 6.07) is 0. The molecule has 5 heteroatoms. The predicted molar refractivity (Wildman–Crippen MR) is 39.8 cm³/mol. The smallest absolute Gasteiger partial charge is 0.433 e. The molecule has 0 atom stereocenters. The molecule has 0 saturated heterocycles. The lowest BCUT2D eigenvalue weighted by Crippen LogP contribution is -2.29. The number of nitrogens with zero attached hydrogens (tertiary/aromatic N) is 1. The third-order valence-electron chi connectivity index (χ3n) is 0.928. The van der Waals surface area contributed by atoms with Crippen LogP contribution in [0.2, 0.25) is 0 Å². The minimum absolute atomic E-state index is 0.315. The lowest BCUT2D eigenvalue weighted by Gasteiger charge is -2.14. The van der Waals surface area contributed by atoms with Gasteiger partial charge in [-0.05, 0) is 6.92 Å². The van der Waals surface area contributed by atoms with E-state index >= 15 is 0 Å². The number of amides is 1. The van der Waals surface area contributed by atoms with Crippen LogP contribution in [0.1, 0.15) is 6.92 Å². The molecule has 0 unspecified atom stereocenters. The van der Waals surface area contributed by atoms with Crippen molar-refractivity contribution < 1.29 is 14.4 Å². The van der Waals surface area contributed by atoms with Gasteiger partial charge in [0.25, 0.3) is 0 Å². The molecular formula is C6H14N2O3. The van der Waals surface area contributed by atoms with E-state index in [-0.39, 0.29) is 0 Å². The summed E-state index contributed by atoms with van der Waals surface area (Å²) in [5.74, 6) is 0. The first kappa shape index (κ1) is 10.2. The number of hydrogen-bond donors (Lipinski definition) is 1. The van der Waals surface area contributed by atoms with E-state index in [0.29, 0.717) is 19.8 Å². The van der Waals surface area contributed by atoms with Gasteiger partial charge >= 0.3 is 6.09 Å². The van der Waals surface area contributed by atoms with Gasteiger partial charge in [0.05, 0.1) is 13.2 Å². The second-order valence-corrected chi connectivity index (χ2v) is 1.82. The van der Waals surface area contributed by atoms with Crippen LogP contribution in [-0.4, -0.2) is 38.0 Å². The summed E-state index contributed by atoms with van der Waals surface area (Å²) < 4.78 is 4.62. The molecule has 0 bridgehead atoms. The fraction of sp³-hybridized carbons (Fsp3) is 0.833. The molecule has 0 rings (SSSR count). The fourth-order valence-corrected chi connectivity index (χ4v) is 0.457. The lowest BCUT2D eigenvalue weighted by molar-refractivity contribution is -0.115. The number of hydroxylamine groups is 2. The second kappa shape index (κ2) is 5.94. The molecule has 0 saturated carbocycles. The van der Waals surface area contributed by atoms with Gasteiger partial charge in [-0.25, -0.2) is 4.79 Å². The molecule has 11 heavy (non-hydrogen) atoms. The van der Waals surface area contributed by atoms with Gasteiger partial charge in [-0.2, -0.15) is 5.06 Å². The maximum atomic E-state index is 10.8. The van der Waals surface area contributed by atoms with E-state index in [1.54, 1.807) is 6.92 Å². The lowest BCUT2D eigenvalue weighted by atomic mass is 10.7. The van der Waals surface area contributed by atoms with Gasteiger partial charge in [-0.3, -0.25) is 4.84 Å². The SMILES string of the molecule is CCOC(=O)N(C)OCCN. The molecule has 0 spiro atoms. The van der Waals surface area contributed by atoms with Crippen LogP contribution in [0.25, 0.3) is 0 Å². The molecule has 0 aliphatic carbocycles. The van der Waals surface area contributed by atoms with Crippen LogP contribution in [-0.2, 0) is 9.57 Å². The zero-order valence-corrected chi connectivity index (χ0v) is 6.87. The van der Waals surface area contributed by atoms with Gasteiger partial charge in [0.2, 0.25) is 0 Å². The van der Waals surface area contributed by atoms with Gasteiger partial charge in [0.1, 0.15) is 0 Å². The van der Waals surface area contributed by atoms with Gasteiger partial charge in [-0.15, -0.1) is 0 Å². The summed E-state index contributed by atoms with van der Waals surface area (Å²) in [7, 11) is 1.48. The van der Waals surface area contributed by atoms with Crippen LogP contribution in [0.15, 0.2) is 0 Å². The predicted octanol–water partition coefficient (Wildman–Crippen LogP) is -0.0350. The first-order valence-corrected chi connectivity index (χ1v) is 3.45. The maximum absolute atomic E-state index is 10.8. The Morgan fingerprint density at radius 1 is 1.64 bits per heavy atom. The summed E-state index contributed by atoms with van der Waals surface area (Å²) in [4.78, 5) is 15.6. The molecule has 1 amide bonds. The highest BCUT2D eigenvalue weighted by Gasteiger charge is 2.07. The normalized spacial score (nSPS) is 9.36. The van der Waals surface area contributed by atoms with Crippen molar-refractivity contribution in [2.75, 3.05) is 26.8 Å². The number of nitrogens with two attached hydrogens (primary N) is 1. The molecule has 0 aromatic carbocycles. The Hall–Kier alpha value is -0.810. The molecule has 0 fully saturated rings. The highest BCUT2D eigenvalue weighted by molar-refractivity contribution is 5.65. The van der Waals surface area contributed by atoms with Crippen LogP contribution in [0.4, 0.5) is 4.79 Å². The van der Waals surface area contributed by atoms with E-state index in [9.17, 15) is 4.79 Å². The van der Waals surface area contributed by atoms with Crippen molar-refractivity contribution in [1.82, 2.24) is 5.06 Å². The Labute approximate surface area is 66.0 Å². The highest BCUT2D eigenvalue weighted by Crippen LogP contribution is 1.89. The van der Waals surface area contributed by atoms with Gasteiger partial charge in [0, 0.05) is 13.6 Å². The average Bonchev–Trinajstić information content (AvgIpc) is 2.00. The van der Waals surface area contributed by atoms with Crippen molar-refractivity contribution >= 4 is 6.09 Å². The van der Waals surface area contributed by atoms with E-state index in [4.69, 9.17) is 10.6 Å². The standard InChI is InChI=1S/C6H14N2O3/c1-3-10-6(9)8(2)11-5-4-7/h3-5,7H2,1-2H3. The average molecular weight is 162 g/mol. The molecule has 0 aliphatic heterocycles. The third kappa shape index (κ3) is 4.58. The molecule has 0 aliphatic rings. The van der Waals surface area contributed by atoms with E-state index < -0.39 is 6.09 Å². The van der Waals surface area contributed by atoms with Crippen molar-refractivity contribution in [3.05, 3.63) is 0 Å². The zero-order chi connectivity index (χ0) is 8.69. The van der Waals surface area contributed by atoms with Crippen molar-refractivity contribution in [3.63, 3.8) is 0 Å². The van der Waals surface area contributed by atoms with Crippen LogP contribution in [0.5, 0.6) is 0 Å². The van der Waals surface area contributed by atoms with Crippen molar-refractivity contribution in [1.29, 1.82) is 0 Å². The summed E-state index contributed by atoms with van der Waals surface area (Å²) in [6.45, 7) is 2.77. The van der Waals surface area contributed by atoms with E-state index in [2.05, 4.69) is 4.74 Å². The number of carbonyl (C=O) groups excluding carboxylic acids is 1. The van der Waals surface area contributed by atoms with Gasteiger partial charge in [-0.1, -0.05) is 0 Å². The van der Waals surface area contributed by atoms with E-state index in [1.807, 2.05) is 0 Å². The van der Waals surface area contributed by atoms with Crippen LogP contribution in [0, 0.1) is 0 Å². The van der Waals surface area contributed by atoms with Crippen LogP contribution >= 0.6 is 0 Å². The minimum atomic E-state index is -0.499. The Kier molecular flexibility index (Phi) is 5.50. The van der Waals surface area contributed by atoms with Gasteiger partial charge in [0.15, 0.2) is 0 Å². The zero-order valence-electron chi connectivity index (χ0n) is 6.87. The van der Waals surface area contributed by atoms with Crippen LogP contribution < -0.4 is 5.73 Å². The molecule has 0 heterocycles. The van der Waals surface area contributed by atoms with Crippen molar-refractivity contribution in [2.45, 2.75) is 6.92 Å². The molecule has 2 N–H and O–H groups in total. The number of hydrogen-bond acceptors (Lipinski definition) is 4. The van der Waals surface area contributed by atoms with E-state index in [1.165, 1.54) is 7.05 Å².